The molecule has 0 bridgehead atoms. The predicted molar refractivity (Wildman–Crippen MR) is 80.4 cm³/mol. The first-order valence-electron chi connectivity index (χ1n) is 6.17. The zero-order chi connectivity index (χ0) is 15.4. The van der Waals surface area contributed by atoms with Crippen molar-refractivity contribution in [1.29, 1.82) is 0 Å². The van der Waals surface area contributed by atoms with Gasteiger partial charge in [0.15, 0.2) is 11.6 Å². The van der Waals surface area contributed by atoms with E-state index in [9.17, 15) is 13.6 Å². The molecule has 1 heterocycles. The topological polar surface area (TPSA) is 54.0 Å². The molecule has 0 saturated heterocycles. The summed E-state index contributed by atoms with van der Waals surface area (Å²) >= 11 is 3.02. The van der Waals surface area contributed by atoms with Crippen LogP contribution in [0.5, 0.6) is 0 Å². The number of pyridine rings is 1. The Morgan fingerprint density at radius 2 is 2.10 bits per heavy atom. The molecular formula is C14H12BrF2N3O. The predicted octanol–water partition coefficient (Wildman–Crippen LogP) is 3.81. The van der Waals surface area contributed by atoms with Gasteiger partial charge in [0.2, 0.25) is 0 Å². The molecule has 0 aliphatic carbocycles. The van der Waals surface area contributed by atoms with E-state index in [0.29, 0.717) is 12.2 Å². The molecule has 2 rings (SSSR count). The minimum Gasteiger partial charge on any atom is -0.368 e. The van der Waals surface area contributed by atoms with Crippen LogP contribution in [-0.4, -0.2) is 17.4 Å². The fourth-order valence-corrected chi connectivity index (χ4v) is 2.06. The Balaban J connectivity index is 2.24. The quantitative estimate of drug-likeness (QED) is 0.876. The fraction of sp³-hybridized carbons (Fsp3) is 0.143. The highest BCUT2D eigenvalue weighted by Crippen LogP contribution is 2.21. The molecule has 0 aliphatic rings. The lowest BCUT2D eigenvalue weighted by atomic mass is 10.2. The number of carbonyl (C=O) groups is 1. The molecule has 0 spiro atoms. The van der Waals surface area contributed by atoms with E-state index in [1.165, 1.54) is 30.5 Å². The third kappa shape index (κ3) is 3.55. The first-order chi connectivity index (χ1) is 10.0. The van der Waals surface area contributed by atoms with Crippen molar-refractivity contribution in [3.8, 4) is 0 Å². The van der Waals surface area contributed by atoms with E-state index in [-0.39, 0.29) is 15.9 Å². The van der Waals surface area contributed by atoms with Gasteiger partial charge in [0, 0.05) is 18.4 Å². The number of aromatic nitrogens is 1. The Labute approximate surface area is 128 Å². The second kappa shape index (κ2) is 6.62. The van der Waals surface area contributed by atoms with Crippen LogP contribution in [0.25, 0.3) is 0 Å². The van der Waals surface area contributed by atoms with Crippen molar-refractivity contribution in [3.05, 3.63) is 52.1 Å². The van der Waals surface area contributed by atoms with E-state index in [0.717, 1.165) is 0 Å². The van der Waals surface area contributed by atoms with Crippen LogP contribution < -0.4 is 10.6 Å². The van der Waals surface area contributed by atoms with Gasteiger partial charge in [0.25, 0.3) is 5.91 Å². The van der Waals surface area contributed by atoms with Crippen molar-refractivity contribution in [3.63, 3.8) is 0 Å². The number of hydrogen-bond donors (Lipinski definition) is 2. The number of nitrogens with one attached hydrogen (secondary N) is 2. The van der Waals surface area contributed by atoms with Gasteiger partial charge in [-0.05, 0) is 47.1 Å². The van der Waals surface area contributed by atoms with Crippen LogP contribution in [0.4, 0.5) is 20.3 Å². The maximum atomic E-state index is 14.1. The highest BCUT2D eigenvalue weighted by molar-refractivity contribution is 9.10. The molecule has 7 heteroatoms. The van der Waals surface area contributed by atoms with Crippen molar-refractivity contribution >= 4 is 33.3 Å². The summed E-state index contributed by atoms with van der Waals surface area (Å²) in [7, 11) is 0. The third-order valence-corrected chi connectivity index (χ3v) is 3.26. The first kappa shape index (κ1) is 15.4. The molecule has 4 nitrogen and oxygen atoms in total. The standard InChI is InChI=1S/C14H12BrF2N3O/c1-2-18-13-12(17)9(5-6-19-13)14(21)20-8-3-4-11(16)10(15)7-8/h3-7H,2H2,1H3,(H,18,19)(H,20,21). The van der Waals surface area contributed by atoms with Gasteiger partial charge in [-0.3, -0.25) is 4.79 Å². The number of hydrogen-bond acceptors (Lipinski definition) is 3. The average Bonchev–Trinajstić information content (AvgIpc) is 2.45. The van der Waals surface area contributed by atoms with E-state index < -0.39 is 17.5 Å². The molecule has 1 aromatic heterocycles. The second-order valence-corrected chi connectivity index (χ2v) is 4.99. The Kier molecular flexibility index (Phi) is 4.85. The van der Waals surface area contributed by atoms with Crippen LogP contribution in [-0.2, 0) is 0 Å². The molecular weight excluding hydrogens is 344 g/mol. The lowest BCUT2D eigenvalue weighted by Crippen LogP contribution is -2.15. The normalized spacial score (nSPS) is 10.3. The largest absolute Gasteiger partial charge is 0.368 e. The van der Waals surface area contributed by atoms with Crippen molar-refractivity contribution in [1.82, 2.24) is 4.98 Å². The van der Waals surface area contributed by atoms with Gasteiger partial charge in [-0.25, -0.2) is 13.8 Å². The molecule has 2 N–H and O–H groups in total. The molecule has 0 radical (unpaired) electrons. The molecule has 1 amide bonds. The molecule has 110 valence electrons. The van der Waals surface area contributed by atoms with Crippen molar-refractivity contribution in [2.75, 3.05) is 17.2 Å². The number of halogens is 3. The van der Waals surface area contributed by atoms with Crippen LogP contribution >= 0.6 is 15.9 Å². The third-order valence-electron chi connectivity index (χ3n) is 2.66. The summed E-state index contributed by atoms with van der Waals surface area (Å²) in [4.78, 5) is 15.9. The maximum Gasteiger partial charge on any atom is 0.258 e. The molecule has 0 unspecified atom stereocenters. The summed E-state index contributed by atoms with van der Waals surface area (Å²) in [5, 5.41) is 5.23. The summed E-state index contributed by atoms with van der Waals surface area (Å²) in [6.45, 7) is 2.28. The molecule has 1 aromatic carbocycles. The Morgan fingerprint density at radius 3 is 2.76 bits per heavy atom. The lowest BCUT2D eigenvalue weighted by Gasteiger charge is -2.09. The van der Waals surface area contributed by atoms with Crippen LogP contribution in [0, 0.1) is 11.6 Å². The van der Waals surface area contributed by atoms with Crippen LogP contribution in [0.3, 0.4) is 0 Å². The average molecular weight is 356 g/mol. The molecule has 0 fully saturated rings. The minimum absolute atomic E-state index is 0.0189. The van der Waals surface area contributed by atoms with Gasteiger partial charge >= 0.3 is 0 Å². The van der Waals surface area contributed by atoms with Gasteiger partial charge in [0.05, 0.1) is 10.0 Å². The maximum absolute atomic E-state index is 14.1. The summed E-state index contributed by atoms with van der Waals surface area (Å²) in [6.07, 6.45) is 1.34. The van der Waals surface area contributed by atoms with Gasteiger partial charge in [0.1, 0.15) is 5.82 Å². The number of carbonyl (C=O) groups excluding carboxylic acids is 1. The summed E-state index contributed by atoms with van der Waals surface area (Å²) in [5.41, 5.74) is 0.218. The smallest absolute Gasteiger partial charge is 0.258 e. The van der Waals surface area contributed by atoms with Gasteiger partial charge in [-0.1, -0.05) is 0 Å². The fourth-order valence-electron chi connectivity index (χ4n) is 1.68. The van der Waals surface area contributed by atoms with E-state index >= 15 is 0 Å². The molecule has 21 heavy (non-hydrogen) atoms. The van der Waals surface area contributed by atoms with Crippen LogP contribution in [0.15, 0.2) is 34.9 Å². The molecule has 0 saturated carbocycles. The van der Waals surface area contributed by atoms with Crippen LogP contribution in [0.2, 0.25) is 0 Å². The van der Waals surface area contributed by atoms with E-state index in [2.05, 4.69) is 31.5 Å². The lowest BCUT2D eigenvalue weighted by molar-refractivity contribution is 0.102. The summed E-state index contributed by atoms with van der Waals surface area (Å²) in [6, 6.07) is 5.27. The summed E-state index contributed by atoms with van der Waals surface area (Å²) in [5.74, 6) is -1.78. The highest BCUT2D eigenvalue weighted by Gasteiger charge is 2.16. The highest BCUT2D eigenvalue weighted by atomic mass is 79.9. The second-order valence-electron chi connectivity index (χ2n) is 4.13. The Morgan fingerprint density at radius 1 is 1.33 bits per heavy atom. The van der Waals surface area contributed by atoms with Gasteiger partial charge in [-0.15, -0.1) is 0 Å². The SMILES string of the molecule is CCNc1nccc(C(=O)Nc2ccc(F)c(Br)c2)c1F. The zero-order valence-corrected chi connectivity index (χ0v) is 12.7. The van der Waals surface area contributed by atoms with Crippen LogP contribution in [0.1, 0.15) is 17.3 Å². The number of anilines is 2. The first-order valence-corrected chi connectivity index (χ1v) is 6.97. The molecule has 0 aliphatic heterocycles. The summed E-state index contributed by atoms with van der Waals surface area (Å²) < 4.78 is 27.4. The molecule has 0 atom stereocenters. The zero-order valence-electron chi connectivity index (χ0n) is 11.1. The number of benzene rings is 1. The van der Waals surface area contributed by atoms with Crippen molar-refractivity contribution in [2.45, 2.75) is 6.92 Å². The van der Waals surface area contributed by atoms with Crippen molar-refractivity contribution in [2.24, 2.45) is 0 Å². The Hall–Kier alpha value is -2.02. The van der Waals surface area contributed by atoms with E-state index in [1.807, 2.05) is 0 Å². The van der Waals surface area contributed by atoms with Crippen molar-refractivity contribution < 1.29 is 13.6 Å². The van der Waals surface area contributed by atoms with E-state index in [4.69, 9.17) is 0 Å². The molecule has 2 aromatic rings. The number of amides is 1. The van der Waals surface area contributed by atoms with E-state index in [1.54, 1.807) is 6.92 Å². The monoisotopic (exact) mass is 355 g/mol. The minimum atomic E-state index is -0.724. The Bertz CT molecular complexity index is 679. The number of nitrogens with zero attached hydrogens (tertiary/aromatic N) is 1. The number of rotatable bonds is 4. The van der Waals surface area contributed by atoms with Gasteiger partial charge < -0.3 is 10.6 Å². The van der Waals surface area contributed by atoms with Gasteiger partial charge in [-0.2, -0.15) is 0 Å².